The van der Waals surface area contributed by atoms with Crippen LogP contribution < -0.4 is 10.1 Å². The summed E-state index contributed by atoms with van der Waals surface area (Å²) in [5.74, 6) is -0.435. The predicted octanol–water partition coefficient (Wildman–Crippen LogP) is 5.42. The maximum absolute atomic E-state index is 14.2. The summed E-state index contributed by atoms with van der Waals surface area (Å²) in [4.78, 5) is 16.4. The highest BCUT2D eigenvalue weighted by atomic mass is 19.1. The van der Waals surface area contributed by atoms with Crippen molar-refractivity contribution >= 4 is 22.5 Å². The van der Waals surface area contributed by atoms with Crippen LogP contribution in [-0.2, 0) is 0 Å². The Hall–Kier alpha value is -3.73. The Morgan fingerprint density at radius 1 is 0.889 bits per heavy atom. The number of carbonyl (C=O) groups is 1. The number of halogens is 1. The molecule has 0 aliphatic rings. The van der Waals surface area contributed by atoms with Crippen LogP contribution in [0.4, 0.5) is 10.1 Å². The molecule has 4 nitrogen and oxygen atoms in total. The SMILES string of the molecule is O=C(Nc1ccccc1)c1ccc2nc(F)c(Oc3ccccc3)cc2c1. The van der Waals surface area contributed by atoms with Gasteiger partial charge in [-0.15, -0.1) is 0 Å². The Morgan fingerprint density at radius 2 is 1.59 bits per heavy atom. The van der Waals surface area contributed by atoms with E-state index in [2.05, 4.69) is 10.3 Å². The molecule has 0 unspecified atom stereocenters. The van der Waals surface area contributed by atoms with Gasteiger partial charge in [-0.05, 0) is 48.5 Å². The fourth-order valence-electron chi connectivity index (χ4n) is 2.69. The predicted molar refractivity (Wildman–Crippen MR) is 103 cm³/mol. The molecule has 0 spiro atoms. The number of ether oxygens (including phenoxy) is 1. The average Bonchev–Trinajstić information content (AvgIpc) is 2.70. The van der Waals surface area contributed by atoms with E-state index in [4.69, 9.17) is 4.74 Å². The van der Waals surface area contributed by atoms with E-state index in [-0.39, 0.29) is 11.7 Å². The fourth-order valence-corrected chi connectivity index (χ4v) is 2.69. The smallest absolute Gasteiger partial charge is 0.256 e. The van der Waals surface area contributed by atoms with Crippen LogP contribution in [-0.4, -0.2) is 10.9 Å². The summed E-state index contributed by atoms with van der Waals surface area (Å²) in [5.41, 5.74) is 1.60. The molecule has 0 aliphatic heterocycles. The van der Waals surface area contributed by atoms with Crippen LogP contribution in [0.15, 0.2) is 84.9 Å². The lowest BCUT2D eigenvalue weighted by Crippen LogP contribution is -2.11. The zero-order valence-electron chi connectivity index (χ0n) is 14.2. The third-order valence-corrected chi connectivity index (χ3v) is 4.00. The molecular weight excluding hydrogens is 343 g/mol. The van der Waals surface area contributed by atoms with Crippen molar-refractivity contribution in [3.05, 3.63) is 96.4 Å². The number of para-hydroxylation sites is 2. The van der Waals surface area contributed by atoms with E-state index in [1.54, 1.807) is 48.5 Å². The van der Waals surface area contributed by atoms with Crippen LogP contribution in [0.5, 0.6) is 11.5 Å². The first kappa shape index (κ1) is 16.7. The average molecular weight is 358 g/mol. The molecule has 0 aliphatic carbocycles. The van der Waals surface area contributed by atoms with Crippen molar-refractivity contribution in [1.82, 2.24) is 4.98 Å². The Kier molecular flexibility index (Phi) is 4.49. The van der Waals surface area contributed by atoms with Crippen LogP contribution in [0.2, 0.25) is 0 Å². The number of benzene rings is 3. The molecule has 1 N–H and O–H groups in total. The summed E-state index contributed by atoms with van der Waals surface area (Å²) in [6.45, 7) is 0. The van der Waals surface area contributed by atoms with Crippen molar-refractivity contribution in [3.8, 4) is 11.5 Å². The molecule has 132 valence electrons. The molecule has 5 heteroatoms. The van der Waals surface area contributed by atoms with E-state index in [9.17, 15) is 9.18 Å². The number of hydrogen-bond acceptors (Lipinski definition) is 3. The number of carbonyl (C=O) groups excluding carboxylic acids is 1. The van der Waals surface area contributed by atoms with Crippen LogP contribution in [0.25, 0.3) is 10.9 Å². The Bertz CT molecular complexity index is 1100. The van der Waals surface area contributed by atoms with Crippen molar-refractivity contribution in [1.29, 1.82) is 0 Å². The highest BCUT2D eigenvalue weighted by Crippen LogP contribution is 2.27. The summed E-state index contributed by atoms with van der Waals surface area (Å²) in [5, 5.41) is 3.44. The molecule has 0 atom stereocenters. The van der Waals surface area contributed by atoms with Gasteiger partial charge in [0.2, 0.25) is 0 Å². The molecule has 0 radical (unpaired) electrons. The monoisotopic (exact) mass is 358 g/mol. The van der Waals surface area contributed by atoms with E-state index >= 15 is 0 Å². The summed E-state index contributed by atoms with van der Waals surface area (Å²) in [7, 11) is 0. The van der Waals surface area contributed by atoms with Gasteiger partial charge in [0, 0.05) is 16.6 Å². The van der Waals surface area contributed by atoms with Crippen molar-refractivity contribution in [2.45, 2.75) is 0 Å². The van der Waals surface area contributed by atoms with Crippen molar-refractivity contribution in [3.63, 3.8) is 0 Å². The maximum Gasteiger partial charge on any atom is 0.256 e. The van der Waals surface area contributed by atoms with Gasteiger partial charge in [0.1, 0.15) is 5.75 Å². The molecule has 0 saturated heterocycles. The van der Waals surface area contributed by atoms with Gasteiger partial charge in [0.15, 0.2) is 5.75 Å². The zero-order valence-corrected chi connectivity index (χ0v) is 14.2. The zero-order chi connectivity index (χ0) is 18.6. The lowest BCUT2D eigenvalue weighted by atomic mass is 10.1. The molecule has 1 heterocycles. The standard InChI is InChI=1S/C22H15FN2O2/c23-21-20(27-18-9-5-2-6-10-18)14-16-13-15(11-12-19(16)25-21)22(26)24-17-7-3-1-4-8-17/h1-14H,(H,24,26). The van der Waals surface area contributed by atoms with E-state index in [0.29, 0.717) is 27.9 Å². The molecule has 4 aromatic rings. The Labute approximate surface area is 155 Å². The first-order valence-electron chi connectivity index (χ1n) is 8.39. The van der Waals surface area contributed by atoms with Gasteiger partial charge in [-0.2, -0.15) is 4.39 Å². The number of anilines is 1. The minimum Gasteiger partial charge on any atom is -0.453 e. The maximum atomic E-state index is 14.2. The van der Waals surface area contributed by atoms with Gasteiger partial charge >= 0.3 is 0 Å². The number of fused-ring (bicyclic) bond motifs is 1. The summed E-state index contributed by atoms with van der Waals surface area (Å²) in [6, 6.07) is 24.5. The third kappa shape index (κ3) is 3.77. The largest absolute Gasteiger partial charge is 0.453 e. The molecular formula is C22H15FN2O2. The van der Waals surface area contributed by atoms with E-state index in [0.717, 1.165) is 0 Å². The number of rotatable bonds is 4. The third-order valence-electron chi connectivity index (χ3n) is 4.00. The normalized spacial score (nSPS) is 10.6. The second-order valence-corrected chi connectivity index (χ2v) is 5.92. The number of hydrogen-bond donors (Lipinski definition) is 1. The first-order chi connectivity index (χ1) is 13.2. The number of pyridine rings is 1. The number of nitrogens with one attached hydrogen (secondary N) is 1. The first-order valence-corrected chi connectivity index (χ1v) is 8.39. The molecule has 1 amide bonds. The van der Waals surface area contributed by atoms with Crippen LogP contribution >= 0.6 is 0 Å². The highest BCUT2D eigenvalue weighted by molar-refractivity contribution is 6.06. The molecule has 1 aromatic heterocycles. The van der Waals surface area contributed by atoms with E-state index < -0.39 is 5.95 Å². The molecule has 3 aromatic carbocycles. The summed E-state index contributed by atoms with van der Waals surface area (Å²) < 4.78 is 19.8. The van der Waals surface area contributed by atoms with E-state index in [1.807, 2.05) is 36.4 Å². The van der Waals surface area contributed by atoms with Crippen molar-refractivity contribution in [2.24, 2.45) is 0 Å². The number of nitrogens with zero attached hydrogens (tertiary/aromatic N) is 1. The van der Waals surface area contributed by atoms with Gasteiger partial charge in [0.25, 0.3) is 11.9 Å². The highest BCUT2D eigenvalue weighted by Gasteiger charge is 2.12. The molecule has 0 fully saturated rings. The summed E-state index contributed by atoms with van der Waals surface area (Å²) >= 11 is 0. The van der Waals surface area contributed by atoms with Gasteiger partial charge in [-0.3, -0.25) is 4.79 Å². The quantitative estimate of drug-likeness (QED) is 0.496. The van der Waals surface area contributed by atoms with Gasteiger partial charge in [-0.25, -0.2) is 4.98 Å². The van der Waals surface area contributed by atoms with Gasteiger partial charge < -0.3 is 10.1 Å². The minimum absolute atomic E-state index is 0.00863. The van der Waals surface area contributed by atoms with Crippen LogP contribution in [0.3, 0.4) is 0 Å². The molecule has 27 heavy (non-hydrogen) atoms. The van der Waals surface area contributed by atoms with Crippen LogP contribution in [0.1, 0.15) is 10.4 Å². The fraction of sp³-hybridized carbons (Fsp3) is 0. The van der Waals surface area contributed by atoms with E-state index in [1.165, 1.54) is 0 Å². The lowest BCUT2D eigenvalue weighted by molar-refractivity contribution is 0.102. The minimum atomic E-state index is -0.701. The van der Waals surface area contributed by atoms with Gasteiger partial charge in [0.05, 0.1) is 5.52 Å². The Balaban J connectivity index is 1.64. The molecule has 4 rings (SSSR count). The van der Waals surface area contributed by atoms with Gasteiger partial charge in [-0.1, -0.05) is 36.4 Å². The lowest BCUT2D eigenvalue weighted by Gasteiger charge is -2.09. The van der Waals surface area contributed by atoms with Crippen LogP contribution in [0, 0.1) is 5.95 Å². The van der Waals surface area contributed by atoms with Crippen molar-refractivity contribution in [2.75, 3.05) is 5.32 Å². The second kappa shape index (κ2) is 7.25. The topological polar surface area (TPSA) is 51.2 Å². The number of amides is 1. The summed E-state index contributed by atoms with van der Waals surface area (Å²) in [6.07, 6.45) is 0. The Morgan fingerprint density at radius 3 is 2.33 bits per heavy atom. The van der Waals surface area contributed by atoms with Crippen molar-refractivity contribution < 1.29 is 13.9 Å². The molecule has 0 saturated carbocycles. The second-order valence-electron chi connectivity index (χ2n) is 5.92. The number of aromatic nitrogens is 1. The molecule has 0 bridgehead atoms.